The third-order valence-corrected chi connectivity index (χ3v) is 3.51. The van der Waals surface area contributed by atoms with E-state index in [0.717, 1.165) is 19.4 Å². The zero-order valence-corrected chi connectivity index (χ0v) is 10.8. The van der Waals surface area contributed by atoms with E-state index in [0.29, 0.717) is 6.54 Å². The van der Waals surface area contributed by atoms with Crippen molar-refractivity contribution in [3.05, 3.63) is 0 Å². The Labute approximate surface area is 98.1 Å². The second-order valence-corrected chi connectivity index (χ2v) is 5.08. The van der Waals surface area contributed by atoms with Crippen LogP contribution in [0.5, 0.6) is 0 Å². The molecule has 94 valence electrons. The molecule has 2 atom stereocenters. The van der Waals surface area contributed by atoms with Crippen LogP contribution in [0.25, 0.3) is 0 Å². The van der Waals surface area contributed by atoms with Crippen molar-refractivity contribution in [3.8, 4) is 0 Å². The van der Waals surface area contributed by atoms with E-state index in [1.165, 1.54) is 0 Å². The Balaban J connectivity index is 2.26. The minimum Gasteiger partial charge on any atom is -0.381 e. The molecule has 1 saturated carbocycles. The Morgan fingerprint density at radius 3 is 2.69 bits per heavy atom. The molecule has 0 radical (unpaired) electrons. The van der Waals surface area contributed by atoms with Gasteiger partial charge in [0.25, 0.3) is 0 Å². The predicted octanol–water partition coefficient (Wildman–Crippen LogP) is 0.916. The molecule has 1 aliphatic rings. The van der Waals surface area contributed by atoms with Gasteiger partial charge in [-0.1, -0.05) is 20.8 Å². The van der Waals surface area contributed by atoms with E-state index in [1.807, 2.05) is 0 Å². The number of amides is 1. The average Bonchev–Trinajstić information content (AvgIpc) is 2.24. The summed E-state index contributed by atoms with van der Waals surface area (Å²) in [6.07, 6.45) is 2.23. The van der Waals surface area contributed by atoms with E-state index >= 15 is 0 Å². The third kappa shape index (κ3) is 2.95. The first kappa shape index (κ1) is 13.5. The Morgan fingerprint density at radius 2 is 2.19 bits per heavy atom. The minimum atomic E-state index is 0.0508. The molecule has 0 bridgehead atoms. The van der Waals surface area contributed by atoms with Crippen LogP contribution < -0.4 is 10.6 Å². The number of carbonyl (C=O) groups excluding carboxylic acids is 1. The molecule has 0 spiro atoms. The standard InChI is InChI=1S/C12H24N2O2/c1-5-6-13-8-11(15)14-9-7-10(16-4)12(9,2)3/h9-10,13H,5-8H2,1-4H3,(H,14,15). The van der Waals surface area contributed by atoms with Gasteiger partial charge in [-0.2, -0.15) is 0 Å². The SMILES string of the molecule is CCCNCC(=O)NC1CC(OC)C1(C)C. The van der Waals surface area contributed by atoms with E-state index in [-0.39, 0.29) is 23.5 Å². The summed E-state index contributed by atoms with van der Waals surface area (Å²) >= 11 is 0. The highest BCUT2D eigenvalue weighted by Crippen LogP contribution is 2.42. The number of carbonyl (C=O) groups is 1. The fraction of sp³-hybridized carbons (Fsp3) is 0.917. The lowest BCUT2D eigenvalue weighted by atomic mass is 9.64. The summed E-state index contributed by atoms with van der Waals surface area (Å²) in [5, 5.41) is 6.15. The highest BCUT2D eigenvalue weighted by atomic mass is 16.5. The summed E-state index contributed by atoms with van der Waals surface area (Å²) < 4.78 is 5.34. The molecule has 16 heavy (non-hydrogen) atoms. The molecule has 1 fully saturated rings. The molecular formula is C12H24N2O2. The Kier molecular flexibility index (Phi) is 4.74. The first-order valence-corrected chi connectivity index (χ1v) is 6.05. The molecule has 0 aromatic carbocycles. The van der Waals surface area contributed by atoms with Gasteiger partial charge in [-0.05, 0) is 19.4 Å². The molecular weight excluding hydrogens is 204 g/mol. The van der Waals surface area contributed by atoms with Crippen LogP contribution in [0.15, 0.2) is 0 Å². The zero-order valence-electron chi connectivity index (χ0n) is 10.8. The highest BCUT2D eigenvalue weighted by molar-refractivity contribution is 5.78. The van der Waals surface area contributed by atoms with E-state index in [9.17, 15) is 4.79 Å². The minimum absolute atomic E-state index is 0.0508. The Bertz CT molecular complexity index is 241. The maximum Gasteiger partial charge on any atom is 0.234 e. The fourth-order valence-corrected chi connectivity index (χ4v) is 2.15. The molecule has 1 aliphatic carbocycles. The van der Waals surface area contributed by atoms with Crippen LogP contribution in [0, 0.1) is 5.41 Å². The molecule has 0 aliphatic heterocycles. The maximum atomic E-state index is 11.6. The highest BCUT2D eigenvalue weighted by Gasteiger charge is 2.49. The van der Waals surface area contributed by atoms with Gasteiger partial charge in [0.1, 0.15) is 0 Å². The molecule has 0 saturated heterocycles. The van der Waals surface area contributed by atoms with Crippen LogP contribution in [-0.4, -0.2) is 38.3 Å². The molecule has 1 rings (SSSR count). The summed E-state index contributed by atoms with van der Waals surface area (Å²) in [6, 6.07) is 0.244. The van der Waals surface area contributed by atoms with Crippen molar-refractivity contribution in [1.82, 2.24) is 10.6 Å². The topological polar surface area (TPSA) is 50.4 Å². The third-order valence-electron chi connectivity index (χ3n) is 3.51. The van der Waals surface area contributed by atoms with Gasteiger partial charge < -0.3 is 15.4 Å². The number of ether oxygens (including phenoxy) is 1. The summed E-state index contributed by atoms with van der Waals surface area (Å²) in [5.41, 5.74) is 0.0508. The summed E-state index contributed by atoms with van der Waals surface area (Å²) in [5.74, 6) is 0.0843. The van der Waals surface area contributed by atoms with Gasteiger partial charge in [0, 0.05) is 18.6 Å². The molecule has 0 aromatic heterocycles. The summed E-state index contributed by atoms with van der Waals surface area (Å²) in [7, 11) is 1.73. The molecule has 4 heteroatoms. The van der Waals surface area contributed by atoms with Gasteiger partial charge >= 0.3 is 0 Å². The smallest absolute Gasteiger partial charge is 0.234 e. The molecule has 0 aromatic rings. The van der Waals surface area contributed by atoms with Gasteiger partial charge in [0.2, 0.25) is 5.91 Å². The van der Waals surface area contributed by atoms with E-state index in [2.05, 4.69) is 31.4 Å². The Hall–Kier alpha value is -0.610. The molecule has 2 unspecified atom stereocenters. The van der Waals surface area contributed by atoms with Crippen LogP contribution in [0.1, 0.15) is 33.6 Å². The first-order valence-electron chi connectivity index (χ1n) is 6.05. The van der Waals surface area contributed by atoms with Crippen molar-refractivity contribution in [3.63, 3.8) is 0 Å². The molecule has 4 nitrogen and oxygen atoms in total. The monoisotopic (exact) mass is 228 g/mol. The van der Waals surface area contributed by atoms with Gasteiger partial charge in [0.15, 0.2) is 0 Å². The largest absolute Gasteiger partial charge is 0.381 e. The van der Waals surface area contributed by atoms with Crippen LogP contribution in [0.2, 0.25) is 0 Å². The van der Waals surface area contributed by atoms with Crippen molar-refractivity contribution in [2.45, 2.75) is 45.8 Å². The van der Waals surface area contributed by atoms with Crippen molar-refractivity contribution < 1.29 is 9.53 Å². The lowest BCUT2D eigenvalue weighted by Crippen LogP contribution is -2.62. The van der Waals surface area contributed by atoms with E-state index in [4.69, 9.17) is 4.74 Å². The van der Waals surface area contributed by atoms with Gasteiger partial charge in [0.05, 0.1) is 12.6 Å². The van der Waals surface area contributed by atoms with Crippen molar-refractivity contribution in [1.29, 1.82) is 0 Å². The molecule has 1 amide bonds. The lowest BCUT2D eigenvalue weighted by Gasteiger charge is -2.51. The number of rotatable bonds is 6. The van der Waals surface area contributed by atoms with Crippen LogP contribution in [0.4, 0.5) is 0 Å². The fourth-order valence-electron chi connectivity index (χ4n) is 2.15. The van der Waals surface area contributed by atoms with Crippen LogP contribution in [0.3, 0.4) is 0 Å². The molecule has 0 heterocycles. The van der Waals surface area contributed by atoms with E-state index in [1.54, 1.807) is 7.11 Å². The Morgan fingerprint density at radius 1 is 1.50 bits per heavy atom. The number of hydrogen-bond acceptors (Lipinski definition) is 3. The van der Waals surface area contributed by atoms with Gasteiger partial charge in [-0.25, -0.2) is 0 Å². The second-order valence-electron chi connectivity index (χ2n) is 5.08. The number of hydrogen-bond donors (Lipinski definition) is 2. The normalized spacial score (nSPS) is 27.2. The van der Waals surface area contributed by atoms with Crippen molar-refractivity contribution >= 4 is 5.91 Å². The summed E-state index contributed by atoms with van der Waals surface area (Å²) in [6.45, 7) is 7.66. The van der Waals surface area contributed by atoms with Crippen molar-refractivity contribution in [2.24, 2.45) is 5.41 Å². The number of methoxy groups -OCH3 is 1. The van der Waals surface area contributed by atoms with E-state index < -0.39 is 0 Å². The number of nitrogens with one attached hydrogen (secondary N) is 2. The quantitative estimate of drug-likeness (QED) is 0.665. The second kappa shape index (κ2) is 5.64. The zero-order chi connectivity index (χ0) is 12.2. The van der Waals surface area contributed by atoms with Crippen molar-refractivity contribution in [2.75, 3.05) is 20.2 Å². The molecule has 2 N–H and O–H groups in total. The van der Waals surface area contributed by atoms with Crippen LogP contribution >= 0.6 is 0 Å². The first-order chi connectivity index (χ1) is 7.52. The maximum absolute atomic E-state index is 11.6. The summed E-state index contributed by atoms with van der Waals surface area (Å²) in [4.78, 5) is 11.6. The van der Waals surface area contributed by atoms with Crippen LogP contribution in [-0.2, 0) is 9.53 Å². The predicted molar refractivity (Wildman–Crippen MR) is 64.3 cm³/mol. The van der Waals surface area contributed by atoms with Gasteiger partial charge in [-0.3, -0.25) is 4.79 Å². The lowest BCUT2D eigenvalue weighted by molar-refractivity contribution is -0.131. The van der Waals surface area contributed by atoms with Gasteiger partial charge in [-0.15, -0.1) is 0 Å². The average molecular weight is 228 g/mol.